The average Bonchev–Trinajstić information content (AvgIpc) is 3.48. The van der Waals surface area contributed by atoms with Crippen LogP contribution in [0.15, 0.2) is 59.7 Å². The summed E-state index contributed by atoms with van der Waals surface area (Å²) < 4.78 is 28.2. The maximum absolute atomic E-state index is 14.9. The van der Waals surface area contributed by atoms with Crippen molar-refractivity contribution in [3.05, 3.63) is 59.7 Å². The zero-order valence-electron chi connectivity index (χ0n) is 26.8. The largest absolute Gasteiger partial charge is 0.494 e. The van der Waals surface area contributed by atoms with Gasteiger partial charge in [-0.25, -0.2) is 9.37 Å². The highest BCUT2D eigenvalue weighted by atomic mass is 79.9. The highest BCUT2D eigenvalue weighted by Gasteiger charge is 2.22. The van der Waals surface area contributed by atoms with E-state index in [9.17, 15) is 4.39 Å². The van der Waals surface area contributed by atoms with Gasteiger partial charge in [0.1, 0.15) is 17.7 Å². The molecule has 0 aliphatic carbocycles. The maximum atomic E-state index is 14.9. The number of methoxy groups -OCH3 is 2. The summed E-state index contributed by atoms with van der Waals surface area (Å²) >= 11 is 3.61. The summed E-state index contributed by atoms with van der Waals surface area (Å²) in [6, 6.07) is 7.85. The summed E-state index contributed by atoms with van der Waals surface area (Å²) in [5.41, 5.74) is 5.86. The van der Waals surface area contributed by atoms with Crippen LogP contribution in [0.25, 0.3) is 22.2 Å². The second kappa shape index (κ2) is 15.1. The number of anilines is 5. The van der Waals surface area contributed by atoms with E-state index < -0.39 is 14.1 Å². The first kappa shape index (κ1) is 33.4. The van der Waals surface area contributed by atoms with Crippen molar-refractivity contribution >= 4 is 69.0 Å². The average molecular weight is 711 g/mol. The SMILES string of the molecule is CCCN(CC(F)COC)c1cc(OC)c(Nc2ncc(Br)c(Nc3ccc4nccnc4c3P(C)C)n2)cc1-c1cnn(C)c1. The Labute approximate surface area is 277 Å². The van der Waals surface area contributed by atoms with Crippen LogP contribution >= 0.6 is 23.9 Å². The first-order valence-electron chi connectivity index (χ1n) is 14.8. The van der Waals surface area contributed by atoms with Gasteiger partial charge in [0.05, 0.1) is 47.7 Å². The van der Waals surface area contributed by atoms with Gasteiger partial charge in [-0.15, -0.1) is 0 Å². The molecule has 0 spiro atoms. The molecule has 1 unspecified atom stereocenters. The minimum absolute atomic E-state index is 0.0166. The van der Waals surface area contributed by atoms with Crippen molar-refractivity contribution in [3.63, 3.8) is 0 Å². The predicted molar refractivity (Wildman–Crippen MR) is 189 cm³/mol. The van der Waals surface area contributed by atoms with Gasteiger partial charge in [-0.1, -0.05) is 14.8 Å². The number of hydrogen-bond donors (Lipinski definition) is 2. The van der Waals surface area contributed by atoms with Gasteiger partial charge >= 0.3 is 0 Å². The van der Waals surface area contributed by atoms with Gasteiger partial charge < -0.3 is 25.0 Å². The standard InChI is InChI=1S/C32H38BrFN9O2P/c1-7-12-43(18-21(34)19-44-3)27-14-28(45-4)26(13-22(27)20-15-38-42(2)17-20)40-32-37-16-23(33)31(41-32)39-25-9-8-24-29(30(25)46(5)6)36-11-10-35-24/h8-11,13-17,21H,7,12,18-19H2,1-6H3,(H2,37,39,40,41). The quantitative estimate of drug-likeness (QED) is 0.122. The molecule has 0 aliphatic rings. The molecule has 0 fully saturated rings. The van der Waals surface area contributed by atoms with Gasteiger partial charge in [-0.3, -0.25) is 14.6 Å². The molecule has 0 radical (unpaired) electrons. The molecule has 2 aromatic carbocycles. The number of nitrogens with one attached hydrogen (secondary N) is 2. The zero-order chi connectivity index (χ0) is 32.8. The van der Waals surface area contributed by atoms with E-state index in [2.05, 4.69) is 66.9 Å². The number of halogens is 2. The fourth-order valence-electron chi connectivity index (χ4n) is 5.28. The number of nitrogens with zero attached hydrogens (tertiary/aromatic N) is 7. The van der Waals surface area contributed by atoms with Gasteiger partial charge in [0.15, 0.2) is 0 Å². The highest BCUT2D eigenvalue weighted by molar-refractivity contribution is 9.10. The summed E-state index contributed by atoms with van der Waals surface area (Å²) in [6.45, 7) is 7.29. The summed E-state index contributed by atoms with van der Waals surface area (Å²) in [5.74, 6) is 1.51. The molecule has 242 valence electrons. The van der Waals surface area contributed by atoms with E-state index in [1.54, 1.807) is 36.6 Å². The van der Waals surface area contributed by atoms with E-state index >= 15 is 0 Å². The van der Waals surface area contributed by atoms with Gasteiger partial charge in [-0.05, 0) is 53.9 Å². The van der Waals surface area contributed by atoms with Gasteiger partial charge in [-0.2, -0.15) is 10.1 Å². The van der Waals surface area contributed by atoms with E-state index in [0.29, 0.717) is 34.2 Å². The Hall–Kier alpha value is -3.93. The molecule has 1 atom stereocenters. The molecule has 3 heterocycles. The second-order valence-corrected chi connectivity index (χ2v) is 14.0. The molecule has 46 heavy (non-hydrogen) atoms. The fourth-order valence-corrected chi connectivity index (χ4v) is 6.78. The zero-order valence-corrected chi connectivity index (χ0v) is 29.2. The van der Waals surface area contributed by atoms with Crippen LogP contribution in [0.4, 0.5) is 33.2 Å². The van der Waals surface area contributed by atoms with Crippen LogP contribution in [-0.2, 0) is 11.8 Å². The molecule has 3 aromatic heterocycles. The number of aryl methyl sites for hydroxylation is 1. The topological polar surface area (TPSA) is 115 Å². The van der Waals surface area contributed by atoms with Crippen LogP contribution < -0.4 is 25.6 Å². The third-order valence-corrected chi connectivity index (χ3v) is 9.17. The van der Waals surface area contributed by atoms with E-state index in [0.717, 1.165) is 45.3 Å². The molecular formula is C32H38BrFN9O2P. The normalized spacial score (nSPS) is 12.0. The molecular weight excluding hydrogens is 672 g/mol. The lowest BCUT2D eigenvalue weighted by molar-refractivity contribution is 0.127. The summed E-state index contributed by atoms with van der Waals surface area (Å²) in [5, 5.41) is 12.3. The molecule has 5 rings (SSSR count). The van der Waals surface area contributed by atoms with Gasteiger partial charge in [0, 0.05) is 79.4 Å². The lowest BCUT2D eigenvalue weighted by atomic mass is 10.0. The summed E-state index contributed by atoms with van der Waals surface area (Å²) in [4.78, 5) is 20.5. The van der Waals surface area contributed by atoms with Crippen molar-refractivity contribution in [2.24, 2.45) is 7.05 Å². The van der Waals surface area contributed by atoms with Crippen LogP contribution in [-0.4, -0.2) is 83.1 Å². The molecule has 0 saturated carbocycles. The van der Waals surface area contributed by atoms with E-state index in [4.69, 9.17) is 14.5 Å². The molecule has 5 aromatic rings. The number of hydrogen-bond acceptors (Lipinski definition) is 10. The summed E-state index contributed by atoms with van der Waals surface area (Å²) in [6.07, 6.45) is 8.51. The number of rotatable bonds is 14. The highest BCUT2D eigenvalue weighted by Crippen LogP contribution is 2.41. The van der Waals surface area contributed by atoms with Crippen molar-refractivity contribution in [1.29, 1.82) is 0 Å². The molecule has 0 aliphatic heterocycles. The van der Waals surface area contributed by atoms with E-state index in [-0.39, 0.29) is 13.2 Å². The van der Waals surface area contributed by atoms with Gasteiger partial charge in [0.2, 0.25) is 5.95 Å². The summed E-state index contributed by atoms with van der Waals surface area (Å²) in [7, 11) is 4.46. The number of ether oxygens (including phenoxy) is 2. The maximum Gasteiger partial charge on any atom is 0.229 e. The third-order valence-electron chi connectivity index (χ3n) is 7.24. The Morgan fingerprint density at radius 2 is 1.87 bits per heavy atom. The molecule has 0 saturated heterocycles. The van der Waals surface area contributed by atoms with Crippen LogP contribution in [0.5, 0.6) is 5.75 Å². The van der Waals surface area contributed by atoms with Crippen molar-refractivity contribution in [2.45, 2.75) is 19.5 Å². The Kier molecular flexibility index (Phi) is 11.0. The minimum Gasteiger partial charge on any atom is -0.494 e. The van der Waals surface area contributed by atoms with Crippen molar-refractivity contribution < 1.29 is 13.9 Å². The Morgan fingerprint density at radius 1 is 1.07 bits per heavy atom. The molecule has 2 N–H and O–H groups in total. The Balaban J connectivity index is 1.53. The lowest BCUT2D eigenvalue weighted by Crippen LogP contribution is -2.33. The van der Waals surface area contributed by atoms with E-state index in [1.807, 2.05) is 42.4 Å². The molecule has 11 nitrogen and oxygen atoms in total. The van der Waals surface area contributed by atoms with Crippen LogP contribution in [0.1, 0.15) is 13.3 Å². The molecule has 14 heteroatoms. The van der Waals surface area contributed by atoms with Crippen molar-refractivity contribution in [1.82, 2.24) is 29.7 Å². The third kappa shape index (κ3) is 7.54. The smallest absolute Gasteiger partial charge is 0.229 e. The van der Waals surface area contributed by atoms with Crippen LogP contribution in [0.2, 0.25) is 0 Å². The van der Waals surface area contributed by atoms with Crippen LogP contribution in [0.3, 0.4) is 0 Å². The minimum atomic E-state index is -1.16. The Morgan fingerprint density at radius 3 is 2.57 bits per heavy atom. The number of aromatic nitrogens is 6. The number of alkyl halides is 1. The van der Waals surface area contributed by atoms with E-state index in [1.165, 1.54) is 7.11 Å². The van der Waals surface area contributed by atoms with Crippen LogP contribution in [0, 0.1) is 0 Å². The van der Waals surface area contributed by atoms with Gasteiger partial charge in [0.25, 0.3) is 0 Å². The molecule has 0 bridgehead atoms. The lowest BCUT2D eigenvalue weighted by Gasteiger charge is -2.29. The monoisotopic (exact) mass is 709 g/mol. The number of benzene rings is 2. The first-order valence-corrected chi connectivity index (χ1v) is 17.8. The fraction of sp³-hybridized carbons (Fsp3) is 0.344. The molecule has 0 amide bonds. The second-order valence-electron chi connectivity index (χ2n) is 10.9. The number of fused-ring (bicyclic) bond motifs is 1. The van der Waals surface area contributed by atoms with Crippen molar-refractivity contribution in [3.8, 4) is 16.9 Å². The first-order chi connectivity index (χ1) is 22.2. The predicted octanol–water partition coefficient (Wildman–Crippen LogP) is 6.65. The Bertz CT molecular complexity index is 1810. The van der Waals surface area contributed by atoms with Crippen molar-refractivity contribution in [2.75, 3.05) is 62.8 Å².